The highest BCUT2D eigenvalue weighted by molar-refractivity contribution is 7.18. The van der Waals surface area contributed by atoms with Crippen molar-refractivity contribution in [3.8, 4) is 11.5 Å². The number of carbonyl (C=O) groups is 1. The van der Waals surface area contributed by atoms with Crippen molar-refractivity contribution in [2.24, 2.45) is 0 Å². The fourth-order valence-electron chi connectivity index (χ4n) is 4.28. The molecule has 1 fully saturated rings. The quantitative estimate of drug-likeness (QED) is 0.624. The molecule has 5 rings (SSSR count). The van der Waals surface area contributed by atoms with E-state index in [-0.39, 0.29) is 11.9 Å². The fourth-order valence-corrected chi connectivity index (χ4v) is 5.32. The Labute approximate surface area is 180 Å². The molecule has 1 amide bonds. The summed E-state index contributed by atoms with van der Waals surface area (Å²) in [6.45, 7) is 3.01. The van der Waals surface area contributed by atoms with Crippen molar-refractivity contribution in [3.63, 3.8) is 0 Å². The minimum Gasteiger partial charge on any atom is -0.486 e. The molecule has 156 valence electrons. The zero-order valence-corrected chi connectivity index (χ0v) is 17.9. The van der Waals surface area contributed by atoms with Crippen molar-refractivity contribution in [3.05, 3.63) is 53.0 Å². The molecule has 30 heavy (non-hydrogen) atoms. The van der Waals surface area contributed by atoms with Crippen molar-refractivity contribution in [2.45, 2.75) is 25.4 Å². The van der Waals surface area contributed by atoms with Gasteiger partial charge in [0.2, 0.25) is 5.91 Å². The Bertz CT molecular complexity index is 1030. The van der Waals surface area contributed by atoms with Crippen LogP contribution in [0.15, 0.2) is 42.5 Å². The third kappa shape index (κ3) is 3.87. The Morgan fingerprint density at radius 1 is 1.20 bits per heavy atom. The number of fused-ring (bicyclic) bond motifs is 2. The van der Waals surface area contributed by atoms with Gasteiger partial charge in [-0.3, -0.25) is 9.69 Å². The topological polar surface area (TPSA) is 54.9 Å². The van der Waals surface area contributed by atoms with Crippen LogP contribution >= 0.6 is 11.3 Å². The van der Waals surface area contributed by atoms with Gasteiger partial charge in [0.1, 0.15) is 18.2 Å². The van der Waals surface area contributed by atoms with Crippen molar-refractivity contribution >= 4 is 27.5 Å². The summed E-state index contributed by atoms with van der Waals surface area (Å²) in [7, 11) is 1.99. The van der Waals surface area contributed by atoms with E-state index in [9.17, 15) is 4.79 Å². The van der Waals surface area contributed by atoms with E-state index in [4.69, 9.17) is 9.47 Å². The van der Waals surface area contributed by atoms with Crippen LogP contribution in [-0.2, 0) is 11.3 Å². The number of likely N-dealkylation sites (tertiary alicyclic amines) is 1. The Kier molecular flexibility index (Phi) is 5.31. The molecule has 0 aliphatic carbocycles. The SMILES string of the molecule is CN(CC(=O)N1CCCC1c1ccc2c(c1)OCCO2)Cc1nc2ccccc2s1. The first-order chi connectivity index (χ1) is 14.7. The smallest absolute Gasteiger partial charge is 0.237 e. The third-order valence-corrected chi connectivity index (χ3v) is 6.69. The lowest BCUT2D eigenvalue weighted by molar-refractivity contribution is -0.133. The zero-order chi connectivity index (χ0) is 20.5. The second-order valence-electron chi connectivity index (χ2n) is 7.90. The zero-order valence-electron chi connectivity index (χ0n) is 17.0. The molecule has 0 N–H and O–H groups in total. The summed E-state index contributed by atoms with van der Waals surface area (Å²) in [6, 6.07) is 14.3. The van der Waals surface area contributed by atoms with E-state index in [1.165, 1.54) is 4.70 Å². The van der Waals surface area contributed by atoms with Gasteiger partial charge in [0.15, 0.2) is 11.5 Å². The number of amides is 1. The van der Waals surface area contributed by atoms with Crippen LogP contribution in [-0.4, -0.2) is 54.0 Å². The molecular formula is C23H25N3O3S. The maximum atomic E-state index is 13.1. The Balaban J connectivity index is 1.25. The number of likely N-dealkylation sites (N-methyl/N-ethyl adjacent to an activating group) is 1. The molecule has 3 heterocycles. The first kappa shape index (κ1) is 19.3. The lowest BCUT2D eigenvalue weighted by Crippen LogP contribution is -2.38. The van der Waals surface area contributed by atoms with Gasteiger partial charge in [0.25, 0.3) is 0 Å². The van der Waals surface area contributed by atoms with Crippen LogP contribution in [0.2, 0.25) is 0 Å². The second kappa shape index (κ2) is 8.24. The number of carbonyl (C=O) groups excluding carboxylic acids is 1. The first-order valence-electron chi connectivity index (χ1n) is 10.4. The summed E-state index contributed by atoms with van der Waals surface area (Å²) in [5.41, 5.74) is 2.15. The highest BCUT2D eigenvalue weighted by Crippen LogP contribution is 2.38. The maximum absolute atomic E-state index is 13.1. The molecular weight excluding hydrogens is 398 g/mol. The predicted molar refractivity (Wildman–Crippen MR) is 117 cm³/mol. The molecule has 1 saturated heterocycles. The van der Waals surface area contributed by atoms with E-state index in [1.54, 1.807) is 11.3 Å². The fraction of sp³-hybridized carbons (Fsp3) is 0.391. The normalized spacial score (nSPS) is 18.3. The van der Waals surface area contributed by atoms with Crippen LogP contribution in [0, 0.1) is 0 Å². The number of rotatable bonds is 5. The number of benzene rings is 2. The molecule has 1 atom stereocenters. The van der Waals surface area contributed by atoms with E-state index >= 15 is 0 Å². The molecule has 0 saturated carbocycles. The summed E-state index contributed by atoms with van der Waals surface area (Å²) < 4.78 is 12.5. The molecule has 7 heteroatoms. The minimum absolute atomic E-state index is 0.101. The number of aromatic nitrogens is 1. The molecule has 2 aliphatic heterocycles. The van der Waals surface area contributed by atoms with Gasteiger partial charge >= 0.3 is 0 Å². The average Bonchev–Trinajstić information content (AvgIpc) is 3.40. The summed E-state index contributed by atoms with van der Waals surface area (Å²) in [5, 5.41) is 1.04. The van der Waals surface area contributed by atoms with Crippen LogP contribution in [0.1, 0.15) is 29.5 Å². The molecule has 6 nitrogen and oxygen atoms in total. The van der Waals surface area contributed by atoms with Crippen molar-refractivity contribution in [2.75, 3.05) is 33.4 Å². The number of ether oxygens (including phenoxy) is 2. The number of hydrogen-bond donors (Lipinski definition) is 0. The largest absolute Gasteiger partial charge is 0.486 e. The summed E-state index contributed by atoms with van der Waals surface area (Å²) in [4.78, 5) is 21.9. The lowest BCUT2D eigenvalue weighted by Gasteiger charge is -2.28. The van der Waals surface area contributed by atoms with Gasteiger partial charge < -0.3 is 14.4 Å². The van der Waals surface area contributed by atoms with E-state index in [1.807, 2.05) is 42.3 Å². The highest BCUT2D eigenvalue weighted by Gasteiger charge is 2.31. The summed E-state index contributed by atoms with van der Waals surface area (Å²) >= 11 is 1.69. The van der Waals surface area contributed by atoms with Crippen LogP contribution < -0.4 is 9.47 Å². The Hall–Kier alpha value is -2.64. The van der Waals surface area contributed by atoms with Crippen LogP contribution in [0.4, 0.5) is 0 Å². The van der Waals surface area contributed by atoms with E-state index in [0.717, 1.165) is 47.0 Å². The second-order valence-corrected chi connectivity index (χ2v) is 9.01. The Morgan fingerprint density at radius 2 is 2.03 bits per heavy atom. The van der Waals surface area contributed by atoms with E-state index < -0.39 is 0 Å². The van der Waals surface area contributed by atoms with Crippen LogP contribution in [0.3, 0.4) is 0 Å². The molecule has 2 aliphatic rings. The van der Waals surface area contributed by atoms with E-state index in [2.05, 4.69) is 22.0 Å². The van der Waals surface area contributed by atoms with Gasteiger partial charge in [-0.25, -0.2) is 4.98 Å². The number of thiazole rings is 1. The van der Waals surface area contributed by atoms with Crippen LogP contribution in [0.25, 0.3) is 10.2 Å². The van der Waals surface area contributed by atoms with Crippen LogP contribution in [0.5, 0.6) is 11.5 Å². The number of nitrogens with zero attached hydrogens (tertiary/aromatic N) is 3. The average molecular weight is 424 g/mol. The number of hydrogen-bond acceptors (Lipinski definition) is 6. The lowest BCUT2D eigenvalue weighted by atomic mass is 10.0. The van der Waals surface area contributed by atoms with Crippen molar-refractivity contribution in [1.29, 1.82) is 0 Å². The first-order valence-corrected chi connectivity index (χ1v) is 11.2. The molecule has 1 unspecified atom stereocenters. The Morgan fingerprint density at radius 3 is 2.90 bits per heavy atom. The number of para-hydroxylation sites is 1. The van der Waals surface area contributed by atoms with Gasteiger partial charge in [0, 0.05) is 6.54 Å². The molecule has 0 radical (unpaired) electrons. The van der Waals surface area contributed by atoms with Crippen molar-refractivity contribution < 1.29 is 14.3 Å². The molecule has 0 spiro atoms. The van der Waals surface area contributed by atoms with Crippen molar-refractivity contribution in [1.82, 2.24) is 14.8 Å². The molecule has 0 bridgehead atoms. The predicted octanol–water partition coefficient (Wildman–Crippen LogP) is 3.86. The highest BCUT2D eigenvalue weighted by atomic mass is 32.1. The standard InChI is InChI=1S/C23H25N3O3S/c1-25(14-22-24-17-5-2-3-7-21(17)30-22)15-23(27)26-10-4-6-18(26)16-8-9-19-20(13-16)29-12-11-28-19/h2-3,5,7-9,13,18H,4,6,10-12,14-15H2,1H3. The monoisotopic (exact) mass is 423 g/mol. The van der Waals surface area contributed by atoms with E-state index in [0.29, 0.717) is 26.3 Å². The molecule has 3 aromatic rings. The van der Waals surface area contributed by atoms with Gasteiger partial charge in [-0.2, -0.15) is 0 Å². The maximum Gasteiger partial charge on any atom is 0.237 e. The minimum atomic E-state index is 0.101. The van der Waals surface area contributed by atoms with Gasteiger partial charge in [-0.05, 0) is 49.7 Å². The van der Waals surface area contributed by atoms with Gasteiger partial charge in [-0.15, -0.1) is 11.3 Å². The third-order valence-electron chi connectivity index (χ3n) is 5.67. The summed E-state index contributed by atoms with van der Waals surface area (Å²) in [6.07, 6.45) is 2.00. The van der Waals surface area contributed by atoms with Gasteiger partial charge in [0.05, 0.1) is 29.3 Å². The summed E-state index contributed by atoms with van der Waals surface area (Å²) in [5.74, 6) is 1.73. The molecule has 1 aromatic heterocycles. The molecule has 2 aromatic carbocycles. The van der Waals surface area contributed by atoms with Gasteiger partial charge in [-0.1, -0.05) is 18.2 Å².